The summed E-state index contributed by atoms with van der Waals surface area (Å²) in [4.78, 5) is 0.255. The van der Waals surface area contributed by atoms with E-state index in [0.717, 1.165) is 19.3 Å². The molecule has 1 saturated carbocycles. The van der Waals surface area contributed by atoms with E-state index in [4.69, 9.17) is 0 Å². The van der Waals surface area contributed by atoms with Crippen LogP contribution >= 0.6 is 11.8 Å². The largest absolute Gasteiger partial charge is 0.281 e. The normalized spacial score (nSPS) is 25.3. The summed E-state index contributed by atoms with van der Waals surface area (Å²) in [6.45, 7) is 1.71. The molecular formula is C10H17N3O2S2. The number of hydrogen-bond acceptors (Lipinski definition) is 4. The molecule has 1 aliphatic carbocycles. The van der Waals surface area contributed by atoms with Crippen molar-refractivity contribution in [3.05, 3.63) is 11.9 Å². The van der Waals surface area contributed by atoms with E-state index in [9.17, 15) is 8.42 Å². The van der Waals surface area contributed by atoms with Crippen molar-refractivity contribution in [3.8, 4) is 0 Å². The highest BCUT2D eigenvalue weighted by Crippen LogP contribution is 2.29. The van der Waals surface area contributed by atoms with Crippen molar-refractivity contribution in [2.45, 2.75) is 42.4 Å². The maximum Gasteiger partial charge on any atom is 0.244 e. The number of aromatic amines is 1. The first kappa shape index (κ1) is 12.9. The molecule has 1 heterocycles. The van der Waals surface area contributed by atoms with Crippen molar-refractivity contribution in [1.82, 2.24) is 14.9 Å². The van der Waals surface area contributed by atoms with Crippen LogP contribution in [0.4, 0.5) is 0 Å². The van der Waals surface area contributed by atoms with Gasteiger partial charge >= 0.3 is 0 Å². The van der Waals surface area contributed by atoms with Crippen molar-refractivity contribution in [2.24, 2.45) is 0 Å². The highest BCUT2D eigenvalue weighted by atomic mass is 32.2. The summed E-state index contributed by atoms with van der Waals surface area (Å²) >= 11 is 1.81. The third-order valence-corrected chi connectivity index (χ3v) is 5.84. The number of thioether (sulfide) groups is 1. The molecule has 17 heavy (non-hydrogen) atoms. The van der Waals surface area contributed by atoms with E-state index >= 15 is 0 Å². The van der Waals surface area contributed by atoms with Crippen LogP contribution in [0.2, 0.25) is 0 Å². The van der Waals surface area contributed by atoms with E-state index < -0.39 is 10.0 Å². The number of aromatic nitrogens is 2. The summed E-state index contributed by atoms with van der Waals surface area (Å²) in [5.74, 6) is 0. The molecular weight excluding hydrogens is 258 g/mol. The Morgan fingerprint density at radius 3 is 2.82 bits per heavy atom. The Morgan fingerprint density at radius 2 is 2.29 bits per heavy atom. The van der Waals surface area contributed by atoms with Crippen LogP contribution < -0.4 is 4.72 Å². The molecule has 0 amide bonds. The average Bonchev–Trinajstić information content (AvgIpc) is 2.86. The van der Waals surface area contributed by atoms with Gasteiger partial charge in [-0.1, -0.05) is 0 Å². The van der Waals surface area contributed by atoms with Crippen LogP contribution in [-0.2, 0) is 10.0 Å². The monoisotopic (exact) mass is 275 g/mol. The number of sulfonamides is 1. The van der Waals surface area contributed by atoms with Gasteiger partial charge in [0.1, 0.15) is 4.90 Å². The van der Waals surface area contributed by atoms with E-state index in [2.05, 4.69) is 21.2 Å². The Labute approximate surface area is 106 Å². The summed E-state index contributed by atoms with van der Waals surface area (Å²) in [6.07, 6.45) is 6.35. The lowest BCUT2D eigenvalue weighted by atomic mass is 10.3. The van der Waals surface area contributed by atoms with Crippen LogP contribution in [0.5, 0.6) is 0 Å². The summed E-state index contributed by atoms with van der Waals surface area (Å²) in [5, 5.41) is 6.97. The number of hydrogen-bond donors (Lipinski definition) is 2. The highest BCUT2D eigenvalue weighted by Gasteiger charge is 2.29. The summed E-state index contributed by atoms with van der Waals surface area (Å²) in [5.41, 5.74) is 0.580. The molecule has 2 unspecified atom stereocenters. The van der Waals surface area contributed by atoms with Gasteiger partial charge in [-0.15, -0.1) is 0 Å². The maximum atomic E-state index is 12.1. The predicted molar refractivity (Wildman–Crippen MR) is 68.6 cm³/mol. The third kappa shape index (κ3) is 2.83. The number of rotatable bonds is 4. The molecule has 96 valence electrons. The number of H-pyrrole nitrogens is 1. The van der Waals surface area contributed by atoms with E-state index in [1.807, 2.05) is 11.8 Å². The van der Waals surface area contributed by atoms with E-state index in [1.54, 1.807) is 6.92 Å². The zero-order valence-corrected chi connectivity index (χ0v) is 11.6. The van der Waals surface area contributed by atoms with Gasteiger partial charge in [-0.25, -0.2) is 13.1 Å². The molecule has 7 heteroatoms. The second-order valence-corrected chi connectivity index (χ2v) is 7.17. The Bertz CT molecular complexity index is 483. The van der Waals surface area contributed by atoms with Crippen molar-refractivity contribution in [1.29, 1.82) is 0 Å². The molecule has 2 N–H and O–H groups in total. The van der Waals surface area contributed by atoms with Gasteiger partial charge in [0, 0.05) is 11.3 Å². The molecule has 0 aliphatic heterocycles. The minimum absolute atomic E-state index is 0.0618. The van der Waals surface area contributed by atoms with E-state index in [0.29, 0.717) is 10.9 Å². The lowest BCUT2D eigenvalue weighted by Crippen LogP contribution is -2.33. The molecule has 1 fully saturated rings. The second-order valence-electron chi connectivity index (χ2n) is 4.35. The zero-order valence-electron chi connectivity index (χ0n) is 9.93. The maximum absolute atomic E-state index is 12.1. The van der Waals surface area contributed by atoms with E-state index in [-0.39, 0.29) is 10.9 Å². The van der Waals surface area contributed by atoms with Crippen molar-refractivity contribution in [3.63, 3.8) is 0 Å². The minimum Gasteiger partial charge on any atom is -0.281 e. The fraction of sp³-hybridized carbons (Fsp3) is 0.700. The van der Waals surface area contributed by atoms with Crippen LogP contribution in [0.3, 0.4) is 0 Å². The third-order valence-electron chi connectivity index (χ3n) is 3.11. The quantitative estimate of drug-likeness (QED) is 0.868. The smallest absolute Gasteiger partial charge is 0.244 e. The number of aryl methyl sites for hydroxylation is 1. The molecule has 0 aromatic carbocycles. The standard InChI is InChI=1S/C10H17N3O2S2/c1-7-10(6-11-12-7)17(14,15)13-8-3-4-9(5-8)16-2/h6,8-9,13H,3-5H2,1-2H3,(H,11,12). The second kappa shape index (κ2) is 4.99. The molecule has 0 radical (unpaired) electrons. The van der Waals surface area contributed by atoms with Gasteiger partial charge in [0.05, 0.1) is 11.9 Å². The highest BCUT2D eigenvalue weighted by molar-refractivity contribution is 7.99. The summed E-state index contributed by atoms with van der Waals surface area (Å²) in [7, 11) is -3.42. The van der Waals surface area contributed by atoms with Crippen LogP contribution in [0.25, 0.3) is 0 Å². The first-order valence-corrected chi connectivity index (χ1v) is 8.35. The van der Waals surface area contributed by atoms with Gasteiger partial charge in [0.25, 0.3) is 0 Å². The minimum atomic E-state index is -3.42. The van der Waals surface area contributed by atoms with Gasteiger partial charge in [-0.3, -0.25) is 5.10 Å². The van der Waals surface area contributed by atoms with Crippen LogP contribution in [-0.4, -0.2) is 36.2 Å². The summed E-state index contributed by atoms with van der Waals surface area (Å²) in [6, 6.07) is 0.0618. The van der Waals surface area contributed by atoms with Gasteiger partial charge in [-0.2, -0.15) is 16.9 Å². The molecule has 0 saturated heterocycles. The topological polar surface area (TPSA) is 74.8 Å². The van der Waals surface area contributed by atoms with E-state index in [1.165, 1.54) is 6.20 Å². The number of nitrogens with zero attached hydrogens (tertiary/aromatic N) is 1. The fourth-order valence-corrected chi connectivity index (χ4v) is 4.37. The molecule has 0 spiro atoms. The van der Waals surface area contributed by atoms with Crippen LogP contribution in [0, 0.1) is 6.92 Å². The Balaban J connectivity index is 2.07. The molecule has 1 aromatic rings. The van der Waals surface area contributed by atoms with Gasteiger partial charge in [0.15, 0.2) is 0 Å². The Kier molecular flexibility index (Phi) is 3.79. The molecule has 2 rings (SSSR count). The molecule has 5 nitrogen and oxygen atoms in total. The zero-order chi connectivity index (χ0) is 12.5. The van der Waals surface area contributed by atoms with Gasteiger partial charge in [-0.05, 0) is 32.4 Å². The SMILES string of the molecule is CSC1CCC(NS(=O)(=O)c2cn[nH]c2C)C1. The lowest BCUT2D eigenvalue weighted by Gasteiger charge is -2.12. The predicted octanol–water partition coefficient (Wildman–Crippen LogP) is 1.28. The van der Waals surface area contributed by atoms with Gasteiger partial charge < -0.3 is 0 Å². The summed E-state index contributed by atoms with van der Waals surface area (Å²) < 4.78 is 26.9. The van der Waals surface area contributed by atoms with Crippen molar-refractivity contribution in [2.75, 3.05) is 6.26 Å². The van der Waals surface area contributed by atoms with Crippen LogP contribution in [0.15, 0.2) is 11.1 Å². The van der Waals surface area contributed by atoms with Crippen molar-refractivity contribution < 1.29 is 8.42 Å². The Morgan fingerprint density at radius 1 is 1.53 bits per heavy atom. The fourth-order valence-electron chi connectivity index (χ4n) is 2.15. The molecule has 2 atom stereocenters. The lowest BCUT2D eigenvalue weighted by molar-refractivity contribution is 0.552. The van der Waals surface area contributed by atoms with Crippen LogP contribution in [0.1, 0.15) is 25.0 Å². The van der Waals surface area contributed by atoms with Gasteiger partial charge in [0.2, 0.25) is 10.0 Å². The first-order chi connectivity index (χ1) is 8.03. The van der Waals surface area contributed by atoms with Crippen molar-refractivity contribution >= 4 is 21.8 Å². The average molecular weight is 275 g/mol. The molecule has 1 aromatic heterocycles. The first-order valence-electron chi connectivity index (χ1n) is 5.58. The molecule has 1 aliphatic rings. The molecule has 0 bridgehead atoms. The Hall–Kier alpha value is -0.530. The number of nitrogens with one attached hydrogen (secondary N) is 2.